The average molecular weight is 431 g/mol. The van der Waals surface area contributed by atoms with E-state index < -0.39 is 6.09 Å². The molecule has 3 rings (SSSR count). The van der Waals surface area contributed by atoms with Gasteiger partial charge in [0.25, 0.3) is 5.91 Å². The summed E-state index contributed by atoms with van der Waals surface area (Å²) in [6, 6.07) is 5.21. The molecular weight excluding hydrogens is 418 g/mol. The van der Waals surface area contributed by atoms with Crippen molar-refractivity contribution in [2.45, 2.75) is 13.0 Å². The van der Waals surface area contributed by atoms with E-state index >= 15 is 0 Å². The lowest BCUT2D eigenvalue weighted by atomic mass is 10.1. The largest absolute Gasteiger partial charge is 0.453 e. The lowest BCUT2D eigenvalue weighted by Crippen LogP contribution is -2.35. The van der Waals surface area contributed by atoms with Crippen molar-refractivity contribution < 1.29 is 14.3 Å². The van der Waals surface area contributed by atoms with Crippen molar-refractivity contribution >= 4 is 56.0 Å². The van der Waals surface area contributed by atoms with Crippen LogP contribution in [0.4, 0.5) is 9.93 Å². The van der Waals surface area contributed by atoms with Crippen LogP contribution in [0.5, 0.6) is 0 Å². The minimum absolute atomic E-state index is 0.122. The average Bonchev–Trinajstić information content (AvgIpc) is 2.97. The quantitative estimate of drug-likeness (QED) is 0.783. The molecule has 2 aromatic rings. The third-order valence-electron chi connectivity index (χ3n) is 3.57. The Kier molecular flexibility index (Phi) is 5.07. The van der Waals surface area contributed by atoms with Crippen LogP contribution < -0.4 is 5.32 Å². The van der Waals surface area contributed by atoms with Crippen LogP contribution in [-0.2, 0) is 17.7 Å². The molecular formula is C15H13BrClN3O3S. The molecule has 1 aromatic heterocycles. The molecule has 0 spiro atoms. The Morgan fingerprint density at radius 1 is 1.46 bits per heavy atom. The monoisotopic (exact) mass is 429 g/mol. The van der Waals surface area contributed by atoms with Gasteiger partial charge in [0.05, 0.1) is 29.9 Å². The highest BCUT2D eigenvalue weighted by molar-refractivity contribution is 9.10. The molecule has 9 heteroatoms. The minimum atomic E-state index is -0.560. The van der Waals surface area contributed by atoms with Gasteiger partial charge in [0.2, 0.25) is 0 Å². The molecule has 0 fully saturated rings. The summed E-state index contributed by atoms with van der Waals surface area (Å²) in [6.45, 7) is 0.994. The van der Waals surface area contributed by atoms with Crippen LogP contribution in [0.25, 0.3) is 0 Å². The minimum Gasteiger partial charge on any atom is -0.453 e. The molecule has 0 bridgehead atoms. The zero-order chi connectivity index (χ0) is 17.3. The summed E-state index contributed by atoms with van der Waals surface area (Å²) in [5.41, 5.74) is 1.36. The summed E-state index contributed by atoms with van der Waals surface area (Å²) in [7, 11) is 1.30. The van der Waals surface area contributed by atoms with Crippen LogP contribution >= 0.6 is 38.9 Å². The second-order valence-electron chi connectivity index (χ2n) is 5.11. The van der Waals surface area contributed by atoms with E-state index in [1.807, 2.05) is 0 Å². The Labute approximate surface area is 155 Å². The molecule has 1 aliphatic rings. The molecule has 1 N–H and O–H groups in total. The number of carbonyl (C=O) groups is 2. The highest BCUT2D eigenvalue weighted by atomic mass is 79.9. The predicted molar refractivity (Wildman–Crippen MR) is 95.7 cm³/mol. The number of methoxy groups -OCH3 is 1. The Balaban J connectivity index is 1.78. The number of amides is 2. The van der Waals surface area contributed by atoms with Crippen molar-refractivity contribution in [3.05, 3.63) is 43.8 Å². The Hall–Kier alpha value is -1.64. The van der Waals surface area contributed by atoms with E-state index in [2.05, 4.69) is 31.0 Å². The van der Waals surface area contributed by atoms with E-state index in [4.69, 9.17) is 11.6 Å². The van der Waals surface area contributed by atoms with Crippen molar-refractivity contribution in [3.8, 4) is 0 Å². The summed E-state index contributed by atoms with van der Waals surface area (Å²) in [5, 5.41) is 3.45. The molecule has 0 unspecified atom stereocenters. The first kappa shape index (κ1) is 17.2. The van der Waals surface area contributed by atoms with Crippen LogP contribution in [0.2, 0.25) is 5.02 Å². The Morgan fingerprint density at radius 3 is 3.00 bits per heavy atom. The summed E-state index contributed by atoms with van der Waals surface area (Å²) in [6.07, 6.45) is 0.0708. The van der Waals surface area contributed by atoms with E-state index in [9.17, 15) is 9.59 Å². The number of nitrogens with zero attached hydrogens (tertiary/aromatic N) is 2. The highest BCUT2D eigenvalue weighted by Crippen LogP contribution is 2.30. The fourth-order valence-electron chi connectivity index (χ4n) is 2.39. The number of hydrogen-bond acceptors (Lipinski definition) is 5. The van der Waals surface area contributed by atoms with Crippen molar-refractivity contribution in [2.24, 2.45) is 0 Å². The predicted octanol–water partition coefficient (Wildman–Crippen LogP) is 3.94. The second kappa shape index (κ2) is 7.08. The number of carbonyl (C=O) groups excluding carboxylic acids is 2. The van der Waals surface area contributed by atoms with E-state index in [0.29, 0.717) is 35.2 Å². The first-order valence-electron chi connectivity index (χ1n) is 7.06. The van der Waals surface area contributed by atoms with Crippen molar-refractivity contribution in [2.75, 3.05) is 19.0 Å². The molecule has 2 heterocycles. The van der Waals surface area contributed by atoms with Crippen LogP contribution in [0.1, 0.15) is 20.9 Å². The van der Waals surface area contributed by atoms with E-state index in [0.717, 1.165) is 15.0 Å². The lowest BCUT2D eigenvalue weighted by Gasteiger charge is -2.26. The maximum Gasteiger partial charge on any atom is 0.413 e. The lowest BCUT2D eigenvalue weighted by molar-refractivity contribution is 0.0736. The molecule has 126 valence electrons. The van der Waals surface area contributed by atoms with Crippen LogP contribution in [0.15, 0.2) is 22.7 Å². The molecule has 2 amide bonds. The summed E-state index contributed by atoms with van der Waals surface area (Å²) < 4.78 is 5.36. The molecule has 1 aromatic carbocycles. The molecule has 0 atom stereocenters. The number of thiazole rings is 1. The second-order valence-corrected chi connectivity index (χ2v) is 7.51. The Morgan fingerprint density at radius 2 is 2.25 bits per heavy atom. The molecule has 0 aliphatic carbocycles. The number of ether oxygens (including phenoxy) is 1. The van der Waals surface area contributed by atoms with Gasteiger partial charge in [-0.3, -0.25) is 10.1 Å². The van der Waals surface area contributed by atoms with Gasteiger partial charge in [-0.15, -0.1) is 0 Å². The highest BCUT2D eigenvalue weighted by Gasteiger charge is 2.26. The van der Waals surface area contributed by atoms with Crippen LogP contribution in [-0.4, -0.2) is 35.5 Å². The first-order chi connectivity index (χ1) is 11.5. The zero-order valence-electron chi connectivity index (χ0n) is 12.6. The molecule has 24 heavy (non-hydrogen) atoms. The first-order valence-corrected chi connectivity index (χ1v) is 9.04. The summed E-state index contributed by atoms with van der Waals surface area (Å²) in [5.74, 6) is -0.122. The van der Waals surface area contributed by atoms with Gasteiger partial charge in [-0.1, -0.05) is 38.9 Å². The van der Waals surface area contributed by atoms with Gasteiger partial charge in [-0.05, 0) is 18.2 Å². The van der Waals surface area contributed by atoms with Crippen molar-refractivity contribution in [3.63, 3.8) is 0 Å². The zero-order valence-corrected chi connectivity index (χ0v) is 15.8. The van der Waals surface area contributed by atoms with Crippen molar-refractivity contribution in [1.82, 2.24) is 9.88 Å². The van der Waals surface area contributed by atoms with Gasteiger partial charge in [-0.2, -0.15) is 0 Å². The number of fused-ring (bicyclic) bond motifs is 1. The van der Waals surface area contributed by atoms with Crippen LogP contribution in [0, 0.1) is 0 Å². The maximum atomic E-state index is 12.7. The maximum absolute atomic E-state index is 12.7. The topological polar surface area (TPSA) is 71.5 Å². The number of nitrogens with one attached hydrogen (secondary N) is 1. The number of hydrogen-bond donors (Lipinski definition) is 1. The molecule has 0 saturated carbocycles. The Bertz CT molecular complexity index is 811. The number of anilines is 1. The fourth-order valence-corrected chi connectivity index (χ4v) is 3.96. The molecule has 0 saturated heterocycles. The van der Waals surface area contributed by atoms with Gasteiger partial charge in [0, 0.05) is 22.3 Å². The normalized spacial score (nSPS) is 13.4. The molecule has 6 nitrogen and oxygen atoms in total. The van der Waals surface area contributed by atoms with Gasteiger partial charge < -0.3 is 9.64 Å². The number of benzene rings is 1. The summed E-state index contributed by atoms with van der Waals surface area (Å²) >= 11 is 10.9. The van der Waals surface area contributed by atoms with Gasteiger partial charge in [0.1, 0.15) is 0 Å². The summed E-state index contributed by atoms with van der Waals surface area (Å²) in [4.78, 5) is 31.1. The number of aromatic nitrogens is 1. The smallest absolute Gasteiger partial charge is 0.413 e. The van der Waals surface area contributed by atoms with Gasteiger partial charge in [-0.25, -0.2) is 9.78 Å². The fraction of sp³-hybridized carbons (Fsp3) is 0.267. The molecule has 0 radical (unpaired) electrons. The third kappa shape index (κ3) is 3.55. The van der Waals surface area contributed by atoms with E-state index in [1.165, 1.54) is 18.4 Å². The number of rotatable bonds is 2. The van der Waals surface area contributed by atoms with Gasteiger partial charge >= 0.3 is 6.09 Å². The van der Waals surface area contributed by atoms with Gasteiger partial charge in [0.15, 0.2) is 5.13 Å². The van der Waals surface area contributed by atoms with E-state index in [1.54, 1.807) is 23.1 Å². The number of halogens is 2. The standard InChI is InChI=1S/C15H13BrClN3O3S/c1-23-15(22)19-14-18-11-4-5-20(7-12(11)24-14)13(21)9-6-8(16)2-3-10(9)17/h2-3,6H,4-5,7H2,1H3,(H,18,19,22). The van der Waals surface area contributed by atoms with Crippen molar-refractivity contribution in [1.29, 1.82) is 0 Å². The SMILES string of the molecule is COC(=O)Nc1nc2c(s1)CN(C(=O)c1cc(Br)ccc1Cl)CC2. The van der Waals surface area contributed by atoms with Crippen LogP contribution in [0.3, 0.4) is 0 Å². The third-order valence-corrected chi connectivity index (χ3v) is 5.39. The molecule has 1 aliphatic heterocycles. The van der Waals surface area contributed by atoms with E-state index in [-0.39, 0.29) is 5.91 Å².